The number of rotatable bonds is 7. The van der Waals surface area contributed by atoms with Crippen molar-refractivity contribution in [3.8, 4) is 5.75 Å². The van der Waals surface area contributed by atoms with Gasteiger partial charge in [0.15, 0.2) is 0 Å². The number of carbonyl (C=O) groups is 1. The Balaban J connectivity index is 1.62. The monoisotopic (exact) mass is 363 g/mol. The fraction of sp³-hybridized carbons (Fsp3) is 0.200. The van der Waals surface area contributed by atoms with Crippen molar-refractivity contribution in [2.24, 2.45) is 0 Å². The van der Waals surface area contributed by atoms with Crippen molar-refractivity contribution < 1.29 is 9.53 Å². The molecule has 2 aromatic heterocycles. The quantitative estimate of drug-likeness (QED) is 0.671. The van der Waals surface area contributed by atoms with Crippen LogP contribution in [-0.2, 0) is 13.1 Å². The van der Waals surface area contributed by atoms with Crippen LogP contribution in [0.15, 0.2) is 54.9 Å². The Morgan fingerprint density at radius 3 is 2.41 bits per heavy atom. The fourth-order valence-corrected chi connectivity index (χ4v) is 2.46. The average Bonchev–Trinajstić information content (AvgIpc) is 2.71. The van der Waals surface area contributed by atoms with Crippen molar-refractivity contribution in [3.63, 3.8) is 0 Å². The first-order valence-electron chi connectivity index (χ1n) is 8.53. The lowest BCUT2D eigenvalue weighted by molar-refractivity contribution is 0.0945. The Hall–Kier alpha value is -3.48. The highest BCUT2D eigenvalue weighted by Crippen LogP contribution is 2.11. The van der Waals surface area contributed by atoms with Gasteiger partial charge >= 0.3 is 0 Å². The molecule has 0 radical (unpaired) electrons. The first-order valence-corrected chi connectivity index (χ1v) is 8.53. The van der Waals surface area contributed by atoms with Crippen LogP contribution in [-0.4, -0.2) is 28.0 Å². The van der Waals surface area contributed by atoms with E-state index in [0.717, 1.165) is 22.6 Å². The summed E-state index contributed by atoms with van der Waals surface area (Å²) in [5.41, 5.74) is 3.08. The van der Waals surface area contributed by atoms with Crippen molar-refractivity contribution in [1.82, 2.24) is 20.3 Å². The van der Waals surface area contributed by atoms with E-state index >= 15 is 0 Å². The second-order valence-corrected chi connectivity index (χ2v) is 5.96. The van der Waals surface area contributed by atoms with Gasteiger partial charge in [-0.25, -0.2) is 9.97 Å². The molecule has 0 aliphatic rings. The molecule has 0 saturated heterocycles. The predicted octanol–water partition coefficient (Wildman–Crippen LogP) is 2.73. The van der Waals surface area contributed by atoms with E-state index in [2.05, 4.69) is 25.6 Å². The van der Waals surface area contributed by atoms with Crippen LogP contribution in [0.3, 0.4) is 0 Å². The molecule has 0 saturated carbocycles. The molecule has 138 valence electrons. The van der Waals surface area contributed by atoms with Gasteiger partial charge in [-0.2, -0.15) is 0 Å². The van der Waals surface area contributed by atoms with Crippen molar-refractivity contribution >= 4 is 11.9 Å². The zero-order chi connectivity index (χ0) is 19.1. The van der Waals surface area contributed by atoms with Crippen molar-refractivity contribution in [3.05, 3.63) is 77.4 Å². The SMILES string of the molecule is COc1ccc(CNC(=O)c2cc(C)nc(NCc3ccncc3)n2)cc1. The Labute approximate surface area is 157 Å². The minimum atomic E-state index is -0.247. The van der Waals surface area contributed by atoms with E-state index in [0.29, 0.717) is 24.7 Å². The number of benzene rings is 1. The molecule has 0 bridgehead atoms. The van der Waals surface area contributed by atoms with E-state index < -0.39 is 0 Å². The van der Waals surface area contributed by atoms with E-state index in [4.69, 9.17) is 4.74 Å². The summed E-state index contributed by atoms with van der Waals surface area (Å²) in [7, 11) is 1.62. The molecule has 0 atom stereocenters. The first-order chi connectivity index (χ1) is 13.1. The van der Waals surface area contributed by atoms with E-state index in [1.165, 1.54) is 0 Å². The Morgan fingerprint density at radius 2 is 1.70 bits per heavy atom. The van der Waals surface area contributed by atoms with Crippen molar-refractivity contribution in [2.45, 2.75) is 20.0 Å². The van der Waals surface area contributed by atoms with Gasteiger partial charge in [-0.1, -0.05) is 12.1 Å². The molecule has 3 aromatic rings. The number of pyridine rings is 1. The summed E-state index contributed by atoms with van der Waals surface area (Å²) in [6.45, 7) is 2.80. The fourth-order valence-electron chi connectivity index (χ4n) is 2.46. The molecule has 2 N–H and O–H groups in total. The number of nitrogens with one attached hydrogen (secondary N) is 2. The molecule has 1 aromatic carbocycles. The van der Waals surface area contributed by atoms with Crippen molar-refractivity contribution in [2.75, 3.05) is 12.4 Å². The summed E-state index contributed by atoms with van der Waals surface area (Å²) in [5, 5.41) is 6.01. The second kappa shape index (κ2) is 8.75. The van der Waals surface area contributed by atoms with Gasteiger partial charge in [0.2, 0.25) is 5.95 Å². The number of nitrogens with zero attached hydrogens (tertiary/aromatic N) is 3. The average molecular weight is 363 g/mol. The number of carbonyl (C=O) groups excluding carboxylic acids is 1. The molecule has 7 heteroatoms. The van der Waals surface area contributed by atoms with Crippen LogP contribution in [0.25, 0.3) is 0 Å². The number of aryl methyl sites for hydroxylation is 1. The summed E-state index contributed by atoms with van der Waals surface area (Å²) in [6, 6.07) is 13.0. The molecule has 0 spiro atoms. The largest absolute Gasteiger partial charge is 0.497 e. The molecule has 0 fully saturated rings. The van der Waals surface area contributed by atoms with Crippen molar-refractivity contribution in [1.29, 1.82) is 0 Å². The summed E-state index contributed by atoms with van der Waals surface area (Å²) in [6.07, 6.45) is 3.46. The Bertz CT molecular complexity index is 898. The molecular formula is C20H21N5O2. The highest BCUT2D eigenvalue weighted by Gasteiger charge is 2.10. The maximum atomic E-state index is 12.5. The minimum Gasteiger partial charge on any atom is -0.497 e. The number of amides is 1. The number of ether oxygens (including phenoxy) is 1. The maximum Gasteiger partial charge on any atom is 0.270 e. The second-order valence-electron chi connectivity index (χ2n) is 5.96. The summed E-state index contributed by atoms with van der Waals surface area (Å²) in [4.78, 5) is 25.1. The van der Waals surface area contributed by atoms with Gasteiger partial charge in [0.05, 0.1) is 7.11 Å². The highest BCUT2D eigenvalue weighted by molar-refractivity contribution is 5.92. The number of hydrogen-bond acceptors (Lipinski definition) is 6. The van der Waals surface area contributed by atoms with Crippen LogP contribution < -0.4 is 15.4 Å². The van der Waals surface area contributed by atoms with Crippen LogP contribution in [0.5, 0.6) is 5.75 Å². The van der Waals surface area contributed by atoms with Gasteiger partial charge in [-0.05, 0) is 48.4 Å². The normalized spacial score (nSPS) is 10.3. The first kappa shape index (κ1) is 18.3. The summed E-state index contributed by atoms with van der Waals surface area (Å²) >= 11 is 0. The third-order valence-electron chi connectivity index (χ3n) is 3.90. The standard InChI is InChI=1S/C20H21N5O2/c1-14-11-18(19(26)22-12-15-3-5-17(27-2)6-4-15)25-20(24-14)23-13-16-7-9-21-10-8-16/h3-11H,12-13H2,1-2H3,(H,22,26)(H,23,24,25). The van der Waals surface area contributed by atoms with Gasteiger partial charge < -0.3 is 15.4 Å². The number of anilines is 1. The van der Waals surface area contributed by atoms with Gasteiger partial charge in [0.25, 0.3) is 5.91 Å². The third kappa shape index (κ3) is 5.24. The summed E-state index contributed by atoms with van der Waals surface area (Å²) in [5.74, 6) is 0.950. The topological polar surface area (TPSA) is 89.0 Å². The van der Waals surface area contributed by atoms with E-state index in [-0.39, 0.29) is 5.91 Å². The minimum absolute atomic E-state index is 0.247. The third-order valence-corrected chi connectivity index (χ3v) is 3.90. The zero-order valence-electron chi connectivity index (χ0n) is 15.3. The Morgan fingerprint density at radius 1 is 1.00 bits per heavy atom. The van der Waals surface area contributed by atoms with Crippen LogP contribution in [0.4, 0.5) is 5.95 Å². The van der Waals surface area contributed by atoms with E-state index in [1.807, 2.05) is 43.3 Å². The maximum absolute atomic E-state index is 12.5. The highest BCUT2D eigenvalue weighted by atomic mass is 16.5. The number of aromatic nitrogens is 3. The molecular weight excluding hydrogens is 342 g/mol. The smallest absolute Gasteiger partial charge is 0.270 e. The predicted molar refractivity (Wildman–Crippen MR) is 102 cm³/mol. The molecule has 7 nitrogen and oxygen atoms in total. The van der Waals surface area contributed by atoms with Crippen LogP contribution >= 0.6 is 0 Å². The van der Waals surface area contributed by atoms with Gasteiger partial charge in [-0.15, -0.1) is 0 Å². The van der Waals surface area contributed by atoms with Crippen LogP contribution in [0, 0.1) is 6.92 Å². The molecule has 0 aliphatic heterocycles. The molecule has 1 amide bonds. The molecule has 27 heavy (non-hydrogen) atoms. The van der Waals surface area contributed by atoms with E-state index in [9.17, 15) is 4.79 Å². The molecule has 3 rings (SSSR count). The van der Waals surface area contributed by atoms with Gasteiger partial charge in [0, 0.05) is 31.2 Å². The van der Waals surface area contributed by atoms with Gasteiger partial charge in [0.1, 0.15) is 11.4 Å². The lowest BCUT2D eigenvalue weighted by atomic mass is 10.2. The number of hydrogen-bond donors (Lipinski definition) is 2. The van der Waals surface area contributed by atoms with Crippen LogP contribution in [0.1, 0.15) is 27.3 Å². The molecule has 0 unspecified atom stereocenters. The summed E-state index contributed by atoms with van der Waals surface area (Å²) < 4.78 is 5.13. The van der Waals surface area contributed by atoms with E-state index in [1.54, 1.807) is 25.6 Å². The zero-order valence-corrected chi connectivity index (χ0v) is 15.3. The molecule has 0 aliphatic carbocycles. The lowest BCUT2D eigenvalue weighted by Crippen LogP contribution is -2.24. The van der Waals surface area contributed by atoms with Crippen LogP contribution in [0.2, 0.25) is 0 Å². The molecule has 2 heterocycles. The number of methoxy groups -OCH3 is 1. The Kier molecular flexibility index (Phi) is 5.94. The lowest BCUT2D eigenvalue weighted by Gasteiger charge is -2.09. The van der Waals surface area contributed by atoms with Gasteiger partial charge in [-0.3, -0.25) is 9.78 Å².